The molecule has 0 aliphatic heterocycles. The van der Waals surface area contributed by atoms with Crippen molar-refractivity contribution in [2.24, 2.45) is 0 Å². The summed E-state index contributed by atoms with van der Waals surface area (Å²) in [6.45, 7) is 3.31. The van der Waals surface area contributed by atoms with Crippen LogP contribution in [-0.4, -0.2) is 21.1 Å². The number of amides is 1. The predicted octanol–water partition coefficient (Wildman–Crippen LogP) is 3.00. The lowest BCUT2D eigenvalue weighted by atomic mass is 10.0. The Balaban J connectivity index is 2.41. The van der Waals surface area contributed by atoms with Crippen LogP contribution in [0.25, 0.3) is 0 Å². The largest absolute Gasteiger partial charge is 0.416 e. The number of hydrogen-bond donors (Lipinski definition) is 2. The van der Waals surface area contributed by atoms with Crippen LogP contribution < -0.4 is 5.32 Å². The second-order valence-corrected chi connectivity index (χ2v) is 4.87. The molecule has 0 aliphatic rings. The number of nitrogens with zero attached hydrogens (tertiary/aromatic N) is 2. The summed E-state index contributed by atoms with van der Waals surface area (Å²) in [4.78, 5) is 16.0. The van der Waals surface area contributed by atoms with Crippen LogP contribution >= 0.6 is 0 Å². The first-order valence-corrected chi connectivity index (χ1v) is 6.79. The van der Waals surface area contributed by atoms with Crippen molar-refractivity contribution in [2.75, 3.05) is 0 Å². The average Bonchev–Trinajstić information content (AvgIpc) is 3.05. The number of alkyl halides is 3. The molecule has 1 amide bonds. The van der Waals surface area contributed by atoms with Crippen LogP contribution in [0.15, 0.2) is 42.2 Å². The lowest BCUT2D eigenvalue weighted by molar-refractivity contribution is -0.137. The van der Waals surface area contributed by atoms with E-state index in [0.717, 1.165) is 12.1 Å². The third-order valence-electron chi connectivity index (χ3n) is 3.32. The van der Waals surface area contributed by atoms with Gasteiger partial charge in [-0.05, 0) is 31.5 Å². The average molecular weight is 324 g/mol. The van der Waals surface area contributed by atoms with Gasteiger partial charge in [-0.2, -0.15) is 18.3 Å². The standard InChI is InChI=1S/C15H15F3N4O/c1-3-9(2)14(23)21-12(13-19-8-20-22-13)10-5-4-6-11(7-10)15(16,17)18/h3-8,12H,1-2H3,(H,21,23)(H,19,20,22)/b9-3+/t12-/m0/s1. The molecule has 0 radical (unpaired) electrons. The quantitative estimate of drug-likeness (QED) is 0.849. The van der Waals surface area contributed by atoms with Crippen LogP contribution in [-0.2, 0) is 11.0 Å². The number of rotatable bonds is 4. The maximum atomic E-state index is 12.9. The molecule has 0 bridgehead atoms. The summed E-state index contributed by atoms with van der Waals surface area (Å²) in [6.07, 6.45) is -1.63. The normalized spacial score (nSPS) is 13.7. The molecule has 0 fully saturated rings. The van der Waals surface area contributed by atoms with Crippen LogP contribution in [0.1, 0.15) is 36.8 Å². The number of allylic oxidation sites excluding steroid dienone is 1. The fraction of sp³-hybridized carbons (Fsp3) is 0.267. The van der Waals surface area contributed by atoms with Gasteiger partial charge >= 0.3 is 6.18 Å². The first-order valence-electron chi connectivity index (χ1n) is 6.79. The van der Waals surface area contributed by atoms with Crippen molar-refractivity contribution in [3.63, 3.8) is 0 Å². The Morgan fingerprint density at radius 2 is 2.13 bits per heavy atom. The molecule has 2 rings (SSSR count). The molecule has 1 aromatic carbocycles. The molecule has 1 atom stereocenters. The molecule has 1 heterocycles. The van der Waals surface area contributed by atoms with Crippen LogP contribution in [0.4, 0.5) is 13.2 Å². The van der Waals surface area contributed by atoms with Crippen molar-refractivity contribution in [1.82, 2.24) is 20.5 Å². The molecule has 0 aliphatic carbocycles. The Bertz CT molecular complexity index is 708. The summed E-state index contributed by atoms with van der Waals surface area (Å²) in [7, 11) is 0. The van der Waals surface area contributed by atoms with Gasteiger partial charge < -0.3 is 5.32 Å². The Kier molecular flexibility index (Phi) is 4.83. The van der Waals surface area contributed by atoms with Crippen LogP contribution in [0.3, 0.4) is 0 Å². The molecule has 0 saturated carbocycles. The third kappa shape index (κ3) is 3.97. The molecule has 0 unspecified atom stereocenters. The van der Waals surface area contributed by atoms with E-state index in [0.29, 0.717) is 5.57 Å². The number of H-pyrrole nitrogens is 1. The maximum absolute atomic E-state index is 12.9. The summed E-state index contributed by atoms with van der Waals surface area (Å²) in [5.74, 6) is -0.145. The van der Waals surface area contributed by atoms with Gasteiger partial charge in [-0.15, -0.1) is 0 Å². The van der Waals surface area contributed by atoms with Crippen molar-refractivity contribution < 1.29 is 18.0 Å². The van der Waals surface area contributed by atoms with Crippen molar-refractivity contribution in [1.29, 1.82) is 0 Å². The third-order valence-corrected chi connectivity index (χ3v) is 3.32. The van der Waals surface area contributed by atoms with E-state index in [2.05, 4.69) is 20.5 Å². The van der Waals surface area contributed by atoms with Gasteiger partial charge in [0.15, 0.2) is 5.82 Å². The molecule has 2 aromatic rings. The van der Waals surface area contributed by atoms with Crippen molar-refractivity contribution in [3.05, 3.63) is 59.2 Å². The number of nitrogens with one attached hydrogen (secondary N) is 2. The highest BCUT2D eigenvalue weighted by atomic mass is 19.4. The topological polar surface area (TPSA) is 70.7 Å². The first-order chi connectivity index (χ1) is 10.8. The van der Waals surface area contributed by atoms with Crippen LogP contribution in [0.2, 0.25) is 0 Å². The van der Waals surface area contributed by atoms with E-state index in [1.807, 2.05) is 0 Å². The minimum Gasteiger partial charge on any atom is -0.338 e. The summed E-state index contributed by atoms with van der Waals surface area (Å²) in [6, 6.07) is 3.88. The van der Waals surface area contributed by atoms with Gasteiger partial charge in [0.05, 0.1) is 5.56 Å². The van der Waals surface area contributed by atoms with Crippen molar-refractivity contribution >= 4 is 5.91 Å². The monoisotopic (exact) mass is 324 g/mol. The van der Waals surface area contributed by atoms with Crippen LogP contribution in [0.5, 0.6) is 0 Å². The van der Waals surface area contributed by atoms with E-state index in [1.54, 1.807) is 19.9 Å². The summed E-state index contributed by atoms with van der Waals surface area (Å²) < 4.78 is 38.7. The number of aromatic nitrogens is 3. The Morgan fingerprint density at radius 1 is 1.39 bits per heavy atom. The van der Waals surface area contributed by atoms with E-state index in [4.69, 9.17) is 0 Å². The van der Waals surface area contributed by atoms with E-state index >= 15 is 0 Å². The molecular formula is C15H15F3N4O. The number of carbonyl (C=O) groups is 1. The van der Waals surface area contributed by atoms with Gasteiger partial charge in [0.2, 0.25) is 5.91 Å². The maximum Gasteiger partial charge on any atom is 0.416 e. The molecule has 5 nitrogen and oxygen atoms in total. The Labute approximate surface area is 130 Å². The zero-order valence-corrected chi connectivity index (χ0v) is 12.5. The minimum atomic E-state index is -4.47. The Hall–Kier alpha value is -2.64. The number of halogens is 3. The van der Waals surface area contributed by atoms with Crippen molar-refractivity contribution in [3.8, 4) is 0 Å². The lowest BCUT2D eigenvalue weighted by Crippen LogP contribution is -2.30. The summed E-state index contributed by atoms with van der Waals surface area (Å²) in [5.41, 5.74) is -0.0909. The Morgan fingerprint density at radius 3 is 2.70 bits per heavy atom. The number of hydrogen-bond acceptors (Lipinski definition) is 3. The number of carbonyl (C=O) groups excluding carboxylic acids is 1. The zero-order chi connectivity index (χ0) is 17.0. The molecule has 0 saturated heterocycles. The molecule has 0 spiro atoms. The molecule has 23 heavy (non-hydrogen) atoms. The second-order valence-electron chi connectivity index (χ2n) is 4.87. The van der Waals surface area contributed by atoms with E-state index in [-0.39, 0.29) is 11.4 Å². The zero-order valence-electron chi connectivity index (χ0n) is 12.5. The molecule has 2 N–H and O–H groups in total. The van der Waals surface area contributed by atoms with Gasteiger partial charge in [0, 0.05) is 5.57 Å². The smallest absolute Gasteiger partial charge is 0.338 e. The molecular weight excluding hydrogens is 309 g/mol. The molecule has 8 heteroatoms. The fourth-order valence-electron chi connectivity index (χ4n) is 1.93. The lowest BCUT2D eigenvalue weighted by Gasteiger charge is -2.18. The highest BCUT2D eigenvalue weighted by Crippen LogP contribution is 2.31. The highest BCUT2D eigenvalue weighted by molar-refractivity contribution is 5.93. The van der Waals surface area contributed by atoms with E-state index < -0.39 is 23.7 Å². The number of aromatic amines is 1. The molecule has 122 valence electrons. The highest BCUT2D eigenvalue weighted by Gasteiger charge is 2.31. The van der Waals surface area contributed by atoms with E-state index in [1.165, 1.54) is 18.5 Å². The summed E-state index contributed by atoms with van der Waals surface area (Å²) in [5, 5.41) is 8.92. The van der Waals surface area contributed by atoms with Gasteiger partial charge in [-0.25, -0.2) is 4.98 Å². The predicted molar refractivity (Wildman–Crippen MR) is 77.2 cm³/mol. The van der Waals surface area contributed by atoms with Gasteiger partial charge in [-0.1, -0.05) is 18.2 Å². The van der Waals surface area contributed by atoms with Gasteiger partial charge in [-0.3, -0.25) is 9.89 Å². The van der Waals surface area contributed by atoms with Crippen LogP contribution in [0, 0.1) is 0 Å². The van der Waals surface area contributed by atoms with Gasteiger partial charge in [0.1, 0.15) is 12.4 Å². The SMILES string of the molecule is C/C=C(\C)C(=O)N[C@@H](c1cccc(C(F)(F)F)c1)c1ncn[nH]1. The van der Waals surface area contributed by atoms with Gasteiger partial charge in [0.25, 0.3) is 0 Å². The van der Waals surface area contributed by atoms with E-state index in [9.17, 15) is 18.0 Å². The fourth-order valence-corrected chi connectivity index (χ4v) is 1.93. The molecule has 1 aromatic heterocycles. The van der Waals surface area contributed by atoms with Crippen molar-refractivity contribution in [2.45, 2.75) is 26.1 Å². The first kappa shape index (κ1) is 16.7. The number of benzene rings is 1. The summed E-state index contributed by atoms with van der Waals surface area (Å²) >= 11 is 0. The second kappa shape index (κ2) is 6.64. The minimum absolute atomic E-state index is 0.251.